The van der Waals surface area contributed by atoms with Crippen LogP contribution < -0.4 is 14.4 Å². The zero-order chi connectivity index (χ0) is 23.4. The van der Waals surface area contributed by atoms with E-state index >= 15 is 0 Å². The minimum atomic E-state index is -0.220. The average Bonchev–Trinajstić information content (AvgIpc) is 3.10. The maximum Gasteiger partial charge on any atom is 0.270 e. The summed E-state index contributed by atoms with van der Waals surface area (Å²) in [5, 5.41) is 0.526. The molecule has 172 valence electrons. The molecule has 33 heavy (non-hydrogen) atoms. The second kappa shape index (κ2) is 10.6. The van der Waals surface area contributed by atoms with E-state index < -0.39 is 0 Å². The number of hydrogen-bond acceptors (Lipinski definition) is 7. The molecule has 0 unspecified atom stereocenters. The highest BCUT2D eigenvalue weighted by Crippen LogP contribution is 2.37. The summed E-state index contributed by atoms with van der Waals surface area (Å²) in [6.07, 6.45) is 1.75. The van der Waals surface area contributed by atoms with Gasteiger partial charge in [-0.15, -0.1) is 0 Å². The summed E-state index contributed by atoms with van der Waals surface area (Å²) in [5.74, 6) is 0.586. The van der Waals surface area contributed by atoms with Gasteiger partial charge in [0.25, 0.3) is 11.8 Å². The molecule has 10 heteroatoms. The summed E-state index contributed by atoms with van der Waals surface area (Å²) in [6.45, 7) is 2.10. The molecule has 2 saturated heterocycles. The maximum atomic E-state index is 13.0. The van der Waals surface area contributed by atoms with Gasteiger partial charge in [0.1, 0.15) is 0 Å². The molecule has 2 aliphatic heterocycles. The minimum Gasteiger partial charge on any atom is -0.493 e. The van der Waals surface area contributed by atoms with Gasteiger partial charge in [-0.25, -0.2) is 0 Å². The number of anilines is 1. The summed E-state index contributed by atoms with van der Waals surface area (Å²) < 4.78 is 16.8. The molecule has 0 saturated carbocycles. The third-order valence-electron chi connectivity index (χ3n) is 5.06. The third kappa shape index (κ3) is 5.50. The van der Waals surface area contributed by atoms with Gasteiger partial charge < -0.3 is 19.1 Å². The molecular weight excluding hydrogens is 484 g/mol. The molecule has 0 bridgehead atoms. The normalized spacial score (nSPS) is 17.6. The van der Waals surface area contributed by atoms with Crippen LogP contribution in [0.4, 0.5) is 5.69 Å². The predicted molar refractivity (Wildman–Crippen MR) is 133 cm³/mol. The zero-order valence-corrected chi connectivity index (χ0v) is 20.2. The molecule has 0 atom stereocenters. The van der Waals surface area contributed by atoms with Gasteiger partial charge in [-0.3, -0.25) is 14.5 Å². The number of benzene rings is 2. The molecule has 2 aromatic rings. The Kier molecular flexibility index (Phi) is 7.54. The van der Waals surface area contributed by atoms with Gasteiger partial charge in [0.05, 0.1) is 30.9 Å². The van der Waals surface area contributed by atoms with E-state index in [0.717, 1.165) is 5.56 Å². The first-order chi connectivity index (χ1) is 16.0. The molecule has 2 amide bonds. The Morgan fingerprint density at radius 2 is 2.00 bits per heavy atom. The summed E-state index contributed by atoms with van der Waals surface area (Å²) in [6, 6.07) is 12.3. The lowest BCUT2D eigenvalue weighted by Gasteiger charge is -2.26. The van der Waals surface area contributed by atoms with Crippen molar-refractivity contribution in [2.24, 2.45) is 0 Å². The van der Waals surface area contributed by atoms with Gasteiger partial charge in [0, 0.05) is 18.1 Å². The number of halogens is 1. The van der Waals surface area contributed by atoms with Gasteiger partial charge >= 0.3 is 0 Å². The standard InChI is InChI=1S/C23H21ClN2O5S2/c1-29-19-11-15(5-6-18(19)31-14-21(27)25-7-9-30-10-8-25)12-20-22(28)26(23(32)33-20)17-4-2-3-16(24)13-17/h2-6,11-13H,7-10,14H2,1H3/b20-12+. The van der Waals surface area contributed by atoms with E-state index in [2.05, 4.69) is 0 Å². The van der Waals surface area contributed by atoms with Crippen LogP contribution in [0.3, 0.4) is 0 Å². The Balaban J connectivity index is 1.47. The van der Waals surface area contributed by atoms with Crippen molar-refractivity contribution >= 4 is 63.5 Å². The van der Waals surface area contributed by atoms with E-state index in [9.17, 15) is 9.59 Å². The van der Waals surface area contributed by atoms with E-state index in [1.165, 1.54) is 23.8 Å². The van der Waals surface area contributed by atoms with Crippen LogP contribution in [-0.2, 0) is 14.3 Å². The average molecular weight is 505 g/mol. The van der Waals surface area contributed by atoms with E-state index in [0.29, 0.717) is 57.7 Å². The number of nitrogens with zero attached hydrogens (tertiary/aromatic N) is 2. The van der Waals surface area contributed by atoms with E-state index in [4.69, 9.17) is 38.0 Å². The maximum absolute atomic E-state index is 13.0. The summed E-state index contributed by atoms with van der Waals surface area (Å²) in [4.78, 5) is 29.0. The number of hydrogen-bond donors (Lipinski definition) is 0. The van der Waals surface area contributed by atoms with Crippen LogP contribution in [0, 0.1) is 0 Å². The number of thioether (sulfide) groups is 1. The summed E-state index contributed by atoms with van der Waals surface area (Å²) in [7, 11) is 1.52. The van der Waals surface area contributed by atoms with E-state index in [-0.39, 0.29) is 18.4 Å². The van der Waals surface area contributed by atoms with Crippen molar-refractivity contribution in [2.45, 2.75) is 0 Å². The highest BCUT2D eigenvalue weighted by molar-refractivity contribution is 8.27. The molecule has 2 aliphatic rings. The molecule has 0 aliphatic carbocycles. The van der Waals surface area contributed by atoms with Gasteiger partial charge in [0.2, 0.25) is 0 Å². The van der Waals surface area contributed by atoms with E-state index in [1.54, 1.807) is 53.4 Å². The molecule has 0 N–H and O–H groups in total. The smallest absolute Gasteiger partial charge is 0.270 e. The van der Waals surface area contributed by atoms with Crippen LogP contribution in [0.5, 0.6) is 11.5 Å². The summed E-state index contributed by atoms with van der Waals surface area (Å²) >= 11 is 12.7. The lowest BCUT2D eigenvalue weighted by Crippen LogP contribution is -2.43. The van der Waals surface area contributed by atoms with Crippen LogP contribution >= 0.6 is 35.6 Å². The lowest BCUT2D eigenvalue weighted by atomic mass is 10.2. The van der Waals surface area contributed by atoms with Crippen LogP contribution in [0.15, 0.2) is 47.4 Å². The Bertz CT molecular complexity index is 1120. The van der Waals surface area contributed by atoms with Crippen molar-refractivity contribution in [3.8, 4) is 11.5 Å². The molecule has 2 heterocycles. The fraction of sp³-hybridized carbons (Fsp3) is 0.261. The number of amides is 2. The monoisotopic (exact) mass is 504 g/mol. The highest BCUT2D eigenvalue weighted by Gasteiger charge is 2.33. The molecule has 0 radical (unpaired) electrons. The first kappa shape index (κ1) is 23.6. The van der Waals surface area contributed by atoms with Crippen LogP contribution in [0.2, 0.25) is 5.02 Å². The minimum absolute atomic E-state index is 0.0893. The first-order valence-corrected chi connectivity index (χ1v) is 11.8. The van der Waals surface area contributed by atoms with Crippen LogP contribution in [0.1, 0.15) is 5.56 Å². The second-order valence-electron chi connectivity index (χ2n) is 7.19. The Morgan fingerprint density at radius 3 is 2.73 bits per heavy atom. The zero-order valence-electron chi connectivity index (χ0n) is 17.8. The van der Waals surface area contributed by atoms with Crippen molar-refractivity contribution < 1.29 is 23.8 Å². The molecule has 0 aromatic heterocycles. The Labute approximate surface area is 206 Å². The third-order valence-corrected chi connectivity index (χ3v) is 6.60. The van der Waals surface area contributed by atoms with Gasteiger partial charge in [-0.1, -0.05) is 47.7 Å². The lowest BCUT2D eigenvalue weighted by molar-refractivity contribution is -0.137. The van der Waals surface area contributed by atoms with Gasteiger partial charge in [-0.05, 0) is 42.0 Å². The molecule has 2 fully saturated rings. The molecule has 2 aromatic carbocycles. The largest absolute Gasteiger partial charge is 0.493 e. The topological polar surface area (TPSA) is 68.3 Å². The van der Waals surface area contributed by atoms with Crippen molar-refractivity contribution in [3.63, 3.8) is 0 Å². The number of rotatable bonds is 6. The van der Waals surface area contributed by atoms with Crippen molar-refractivity contribution in [2.75, 3.05) is 44.9 Å². The number of carbonyl (C=O) groups is 2. The SMILES string of the molecule is COc1cc(/C=C2/SC(=S)N(c3cccc(Cl)c3)C2=O)ccc1OCC(=O)N1CCOCC1. The summed E-state index contributed by atoms with van der Waals surface area (Å²) in [5.41, 5.74) is 1.37. The molecule has 4 rings (SSSR count). The van der Waals surface area contributed by atoms with Crippen LogP contribution in [0.25, 0.3) is 6.08 Å². The number of thiocarbonyl (C=S) groups is 1. The van der Waals surface area contributed by atoms with Crippen molar-refractivity contribution in [3.05, 3.63) is 58.0 Å². The highest BCUT2D eigenvalue weighted by atomic mass is 35.5. The molecular formula is C23H21ClN2O5S2. The fourth-order valence-electron chi connectivity index (χ4n) is 3.39. The first-order valence-electron chi connectivity index (χ1n) is 10.2. The Morgan fingerprint density at radius 1 is 1.21 bits per heavy atom. The fourth-order valence-corrected chi connectivity index (χ4v) is 4.88. The Hall–Kier alpha value is -2.59. The van der Waals surface area contributed by atoms with Gasteiger partial charge in [0.15, 0.2) is 22.4 Å². The molecule has 7 nitrogen and oxygen atoms in total. The van der Waals surface area contributed by atoms with Gasteiger partial charge in [-0.2, -0.15) is 0 Å². The van der Waals surface area contributed by atoms with Crippen molar-refractivity contribution in [1.82, 2.24) is 4.90 Å². The molecule has 0 spiro atoms. The number of morpholine rings is 1. The van der Waals surface area contributed by atoms with E-state index in [1.807, 2.05) is 0 Å². The van der Waals surface area contributed by atoms with Crippen molar-refractivity contribution in [1.29, 1.82) is 0 Å². The number of carbonyl (C=O) groups excluding carboxylic acids is 2. The second-order valence-corrected chi connectivity index (χ2v) is 9.30. The number of ether oxygens (including phenoxy) is 3. The van der Waals surface area contributed by atoms with Crippen LogP contribution in [-0.4, -0.2) is 61.1 Å². The number of methoxy groups -OCH3 is 1. The quantitative estimate of drug-likeness (QED) is 0.435. The predicted octanol–water partition coefficient (Wildman–Crippen LogP) is 3.99.